The molecule has 1 unspecified atom stereocenters. The largest absolute Gasteiger partial charge is 0.355 e. The van der Waals surface area contributed by atoms with Crippen LogP contribution in [-0.4, -0.2) is 41.5 Å². The Labute approximate surface area is 145 Å². The molecular formula is C17H22N4O2S. The van der Waals surface area contributed by atoms with Crippen molar-refractivity contribution in [1.82, 2.24) is 20.5 Å². The number of hydrogen-bond donors (Lipinski definition) is 2. The molecule has 1 aromatic heterocycles. The van der Waals surface area contributed by atoms with E-state index in [4.69, 9.17) is 4.98 Å². The van der Waals surface area contributed by atoms with E-state index in [-0.39, 0.29) is 18.0 Å². The van der Waals surface area contributed by atoms with Crippen LogP contribution in [0.4, 0.5) is 4.79 Å². The molecule has 7 heteroatoms. The van der Waals surface area contributed by atoms with E-state index in [1.54, 1.807) is 11.3 Å². The van der Waals surface area contributed by atoms with Gasteiger partial charge < -0.3 is 15.5 Å². The molecule has 0 spiro atoms. The minimum absolute atomic E-state index is 0.0388. The van der Waals surface area contributed by atoms with Crippen molar-refractivity contribution in [2.24, 2.45) is 0 Å². The third-order valence-corrected chi connectivity index (χ3v) is 5.27. The first-order valence-electron chi connectivity index (χ1n) is 8.29. The molecule has 24 heavy (non-hydrogen) atoms. The van der Waals surface area contributed by atoms with Gasteiger partial charge >= 0.3 is 6.03 Å². The second-order valence-corrected chi connectivity index (χ2v) is 7.00. The zero-order valence-electron chi connectivity index (χ0n) is 13.7. The average Bonchev–Trinajstić information content (AvgIpc) is 3.02. The van der Waals surface area contributed by atoms with E-state index in [1.165, 1.54) is 6.92 Å². The SMILES string of the molecule is CC(=O)NCCNC(=O)N1CCCCC1c1nc2ccccc2s1. The predicted molar refractivity (Wildman–Crippen MR) is 95.0 cm³/mol. The fourth-order valence-electron chi connectivity index (χ4n) is 2.97. The van der Waals surface area contributed by atoms with Crippen molar-refractivity contribution < 1.29 is 9.59 Å². The van der Waals surface area contributed by atoms with Crippen LogP contribution in [0.15, 0.2) is 24.3 Å². The van der Waals surface area contributed by atoms with Gasteiger partial charge in [-0.15, -0.1) is 11.3 Å². The summed E-state index contributed by atoms with van der Waals surface area (Å²) >= 11 is 1.67. The fourth-order valence-corrected chi connectivity index (χ4v) is 4.09. The number of amides is 3. The van der Waals surface area contributed by atoms with Crippen molar-refractivity contribution in [2.45, 2.75) is 32.2 Å². The molecule has 1 aromatic carbocycles. The molecule has 2 N–H and O–H groups in total. The number of piperidine rings is 1. The highest BCUT2D eigenvalue weighted by molar-refractivity contribution is 7.18. The quantitative estimate of drug-likeness (QED) is 0.836. The smallest absolute Gasteiger partial charge is 0.318 e. The number of nitrogens with zero attached hydrogens (tertiary/aromatic N) is 2. The van der Waals surface area contributed by atoms with Gasteiger partial charge in [-0.1, -0.05) is 12.1 Å². The first-order valence-corrected chi connectivity index (χ1v) is 9.11. The second kappa shape index (κ2) is 7.61. The molecule has 1 aliphatic rings. The van der Waals surface area contributed by atoms with Crippen LogP contribution in [0.5, 0.6) is 0 Å². The van der Waals surface area contributed by atoms with Crippen LogP contribution in [0, 0.1) is 0 Å². The predicted octanol–water partition coefficient (Wildman–Crippen LogP) is 2.67. The lowest BCUT2D eigenvalue weighted by Gasteiger charge is -2.34. The number of rotatable bonds is 4. The van der Waals surface area contributed by atoms with E-state index in [0.29, 0.717) is 13.1 Å². The lowest BCUT2D eigenvalue weighted by Crippen LogP contribution is -2.46. The zero-order valence-corrected chi connectivity index (χ0v) is 14.6. The number of likely N-dealkylation sites (tertiary alicyclic amines) is 1. The molecule has 3 amide bonds. The molecule has 1 saturated heterocycles. The van der Waals surface area contributed by atoms with Gasteiger partial charge in [0, 0.05) is 26.6 Å². The van der Waals surface area contributed by atoms with Crippen LogP contribution >= 0.6 is 11.3 Å². The molecule has 0 aliphatic carbocycles. The molecule has 2 heterocycles. The van der Waals surface area contributed by atoms with Gasteiger partial charge in [0.05, 0.1) is 16.3 Å². The standard InChI is InChI=1S/C17H22N4O2S/c1-12(22)18-9-10-19-17(23)21-11-5-4-7-14(21)16-20-13-6-2-3-8-15(13)24-16/h2-3,6,8,14H,4-5,7,9-11H2,1H3,(H,18,22)(H,19,23). The fraction of sp³-hybridized carbons (Fsp3) is 0.471. The van der Waals surface area contributed by atoms with Crippen LogP contribution in [0.3, 0.4) is 0 Å². The van der Waals surface area contributed by atoms with E-state index in [1.807, 2.05) is 23.1 Å². The molecule has 6 nitrogen and oxygen atoms in total. The van der Waals surface area contributed by atoms with Gasteiger partial charge in [-0.05, 0) is 31.4 Å². The minimum Gasteiger partial charge on any atom is -0.355 e. The van der Waals surface area contributed by atoms with Gasteiger partial charge in [-0.3, -0.25) is 4.79 Å². The Bertz CT molecular complexity index is 697. The van der Waals surface area contributed by atoms with Crippen LogP contribution < -0.4 is 10.6 Å². The van der Waals surface area contributed by atoms with Crippen LogP contribution in [0.2, 0.25) is 0 Å². The van der Waals surface area contributed by atoms with Crippen molar-refractivity contribution in [3.8, 4) is 0 Å². The van der Waals surface area contributed by atoms with Gasteiger partial charge in [0.15, 0.2) is 0 Å². The number of fused-ring (bicyclic) bond motifs is 1. The highest BCUT2D eigenvalue weighted by Gasteiger charge is 2.30. The Morgan fingerprint density at radius 3 is 2.83 bits per heavy atom. The topological polar surface area (TPSA) is 74.3 Å². The van der Waals surface area contributed by atoms with Crippen molar-refractivity contribution in [3.05, 3.63) is 29.3 Å². The Balaban J connectivity index is 1.68. The monoisotopic (exact) mass is 346 g/mol. The summed E-state index contributed by atoms with van der Waals surface area (Å²) in [5.41, 5.74) is 0.995. The number of carbonyl (C=O) groups is 2. The molecule has 2 aromatic rings. The summed E-state index contributed by atoms with van der Waals surface area (Å²) in [6.45, 7) is 3.09. The van der Waals surface area contributed by atoms with Crippen molar-refractivity contribution in [1.29, 1.82) is 0 Å². The third-order valence-electron chi connectivity index (χ3n) is 4.13. The summed E-state index contributed by atoms with van der Waals surface area (Å²) in [4.78, 5) is 30.0. The molecule has 1 atom stereocenters. The van der Waals surface area contributed by atoms with E-state index in [9.17, 15) is 9.59 Å². The molecule has 0 radical (unpaired) electrons. The summed E-state index contributed by atoms with van der Waals surface area (Å²) in [6.07, 6.45) is 3.07. The van der Waals surface area contributed by atoms with E-state index >= 15 is 0 Å². The molecule has 3 rings (SSSR count). The van der Waals surface area contributed by atoms with Gasteiger partial charge in [0.1, 0.15) is 5.01 Å². The normalized spacial score (nSPS) is 17.7. The second-order valence-electron chi connectivity index (χ2n) is 5.94. The molecule has 128 valence electrons. The maximum Gasteiger partial charge on any atom is 0.318 e. The van der Waals surface area contributed by atoms with E-state index in [0.717, 1.165) is 41.0 Å². The summed E-state index contributed by atoms with van der Waals surface area (Å²) in [6, 6.07) is 8.03. The summed E-state index contributed by atoms with van der Waals surface area (Å²) in [7, 11) is 0. The number of thiazole rings is 1. The van der Waals surface area contributed by atoms with Crippen LogP contribution in [0.25, 0.3) is 10.2 Å². The molecule has 0 saturated carbocycles. The van der Waals surface area contributed by atoms with Crippen molar-refractivity contribution in [2.75, 3.05) is 19.6 Å². The number of benzene rings is 1. The van der Waals surface area contributed by atoms with Crippen LogP contribution in [0.1, 0.15) is 37.2 Å². The number of hydrogen-bond acceptors (Lipinski definition) is 4. The highest BCUT2D eigenvalue weighted by atomic mass is 32.1. The summed E-state index contributed by atoms with van der Waals surface area (Å²) < 4.78 is 1.16. The van der Waals surface area contributed by atoms with Gasteiger partial charge in [-0.25, -0.2) is 9.78 Å². The first kappa shape index (κ1) is 16.7. The highest BCUT2D eigenvalue weighted by Crippen LogP contribution is 2.35. The van der Waals surface area contributed by atoms with Crippen molar-refractivity contribution >= 4 is 33.5 Å². The number of urea groups is 1. The van der Waals surface area contributed by atoms with Gasteiger partial charge in [0.25, 0.3) is 0 Å². The Morgan fingerprint density at radius 1 is 1.25 bits per heavy atom. The number of carbonyl (C=O) groups excluding carboxylic acids is 2. The zero-order chi connectivity index (χ0) is 16.9. The maximum atomic E-state index is 12.5. The van der Waals surface area contributed by atoms with Gasteiger partial charge in [0.2, 0.25) is 5.91 Å². The number of aromatic nitrogens is 1. The summed E-state index contributed by atoms with van der Waals surface area (Å²) in [5.74, 6) is -0.0884. The first-order chi connectivity index (χ1) is 11.6. The molecule has 1 fully saturated rings. The van der Waals surface area contributed by atoms with Gasteiger partial charge in [-0.2, -0.15) is 0 Å². The van der Waals surface area contributed by atoms with Crippen LogP contribution in [-0.2, 0) is 4.79 Å². The molecule has 1 aliphatic heterocycles. The van der Waals surface area contributed by atoms with E-state index in [2.05, 4.69) is 16.7 Å². The third kappa shape index (κ3) is 3.84. The lowest BCUT2D eigenvalue weighted by molar-refractivity contribution is -0.118. The maximum absolute atomic E-state index is 12.5. The molecule has 0 bridgehead atoms. The Kier molecular flexibility index (Phi) is 5.30. The van der Waals surface area contributed by atoms with Crippen molar-refractivity contribution in [3.63, 3.8) is 0 Å². The molecular weight excluding hydrogens is 324 g/mol. The Hall–Kier alpha value is -2.15. The van der Waals surface area contributed by atoms with E-state index < -0.39 is 0 Å². The Morgan fingerprint density at radius 2 is 2.04 bits per heavy atom. The summed E-state index contributed by atoms with van der Waals surface area (Å²) in [5, 5.41) is 6.58. The lowest BCUT2D eigenvalue weighted by atomic mass is 10.0. The minimum atomic E-state index is -0.0884. The number of nitrogens with one attached hydrogen (secondary N) is 2. The number of para-hydroxylation sites is 1. The average molecular weight is 346 g/mol.